The molecule has 4 atom stereocenters. The number of likely N-dealkylation sites (tertiary alicyclic amines) is 1. The van der Waals surface area contributed by atoms with Gasteiger partial charge in [0.25, 0.3) is 5.91 Å². The predicted octanol–water partition coefficient (Wildman–Crippen LogP) is 6.47. The Morgan fingerprint density at radius 3 is 2.14 bits per heavy atom. The summed E-state index contributed by atoms with van der Waals surface area (Å²) < 4.78 is 17.7. The summed E-state index contributed by atoms with van der Waals surface area (Å²) in [5.74, 6) is 2.13. The zero-order chi connectivity index (χ0) is 32.2. The molecule has 0 unspecified atom stereocenters. The summed E-state index contributed by atoms with van der Waals surface area (Å²) in [5.41, 5.74) is 0.856. The number of terminal acetylenes is 1. The number of para-hydroxylation sites is 1. The number of benzene rings is 2. The van der Waals surface area contributed by atoms with E-state index in [1.54, 1.807) is 30.3 Å². The largest absolute Gasteiger partial charge is 0.514 e. The summed E-state index contributed by atoms with van der Waals surface area (Å²) in [5, 5.41) is 3.01. The van der Waals surface area contributed by atoms with Crippen molar-refractivity contribution in [1.29, 1.82) is 0 Å². The minimum atomic E-state index is -2.22. The quantitative estimate of drug-likeness (QED) is 0.160. The molecule has 1 saturated heterocycles. The number of carbonyl (C=O) groups excluding carboxylic acids is 3. The summed E-state index contributed by atoms with van der Waals surface area (Å²) in [6.45, 7) is 18.3. The lowest BCUT2D eigenvalue weighted by Gasteiger charge is -2.38. The molecule has 3 rings (SSSR count). The molecule has 2 amide bonds. The highest BCUT2D eigenvalue weighted by atomic mass is 28.4. The van der Waals surface area contributed by atoms with Gasteiger partial charge in [0.2, 0.25) is 5.91 Å². The topological polar surface area (TPSA) is 94.2 Å². The molecular formula is C34H46N2O6Si. The van der Waals surface area contributed by atoms with Gasteiger partial charge >= 0.3 is 6.16 Å². The number of amides is 2. The second-order valence-corrected chi connectivity index (χ2v) is 18.5. The predicted molar refractivity (Wildman–Crippen MR) is 170 cm³/mol. The summed E-state index contributed by atoms with van der Waals surface area (Å²) >= 11 is 0. The van der Waals surface area contributed by atoms with Crippen molar-refractivity contribution in [3.8, 4) is 18.1 Å². The van der Waals surface area contributed by atoms with Gasteiger partial charge in [-0.05, 0) is 54.9 Å². The van der Waals surface area contributed by atoms with Crippen LogP contribution in [-0.4, -0.2) is 56.0 Å². The van der Waals surface area contributed by atoms with E-state index in [9.17, 15) is 14.4 Å². The number of nitrogens with zero attached hydrogens (tertiary/aromatic N) is 1. The Labute approximate surface area is 257 Å². The molecule has 0 bridgehead atoms. The molecule has 0 spiro atoms. The fourth-order valence-electron chi connectivity index (χ4n) is 4.68. The first-order valence-electron chi connectivity index (χ1n) is 14.7. The van der Waals surface area contributed by atoms with Crippen LogP contribution in [0.2, 0.25) is 18.1 Å². The van der Waals surface area contributed by atoms with E-state index in [1.165, 1.54) is 4.90 Å². The highest BCUT2D eigenvalue weighted by molar-refractivity contribution is 6.74. The Balaban J connectivity index is 1.87. The van der Waals surface area contributed by atoms with Crippen molar-refractivity contribution in [1.82, 2.24) is 10.2 Å². The van der Waals surface area contributed by atoms with Crippen molar-refractivity contribution in [3.63, 3.8) is 0 Å². The molecule has 2 aromatic carbocycles. The van der Waals surface area contributed by atoms with Gasteiger partial charge < -0.3 is 24.1 Å². The number of rotatable bonds is 8. The van der Waals surface area contributed by atoms with Gasteiger partial charge in [-0.15, -0.1) is 6.42 Å². The van der Waals surface area contributed by atoms with E-state index in [1.807, 2.05) is 52.0 Å². The first kappa shape index (κ1) is 33.9. The van der Waals surface area contributed by atoms with Crippen LogP contribution >= 0.6 is 0 Å². The number of nitrogens with one attached hydrogen (secondary N) is 1. The molecule has 0 saturated carbocycles. The van der Waals surface area contributed by atoms with Gasteiger partial charge in [-0.3, -0.25) is 9.59 Å². The van der Waals surface area contributed by atoms with Gasteiger partial charge in [-0.1, -0.05) is 77.8 Å². The highest BCUT2D eigenvalue weighted by Gasteiger charge is 2.49. The monoisotopic (exact) mass is 606 g/mol. The zero-order valence-corrected chi connectivity index (χ0v) is 27.9. The molecule has 0 aromatic heterocycles. The maximum Gasteiger partial charge on any atom is 0.514 e. The second kappa shape index (κ2) is 13.4. The number of ether oxygens (including phenoxy) is 2. The van der Waals surface area contributed by atoms with Gasteiger partial charge in [0.05, 0.1) is 12.1 Å². The molecule has 232 valence electrons. The van der Waals surface area contributed by atoms with Crippen molar-refractivity contribution < 1.29 is 28.3 Å². The smallest absolute Gasteiger partial charge is 0.420 e. The van der Waals surface area contributed by atoms with Gasteiger partial charge in [-0.2, -0.15) is 0 Å². The number of hydrogen-bond acceptors (Lipinski definition) is 6. The van der Waals surface area contributed by atoms with Crippen LogP contribution in [0.3, 0.4) is 0 Å². The van der Waals surface area contributed by atoms with E-state index in [-0.39, 0.29) is 29.6 Å². The molecule has 1 heterocycles. The fraction of sp³-hybridized carbons (Fsp3) is 0.500. The van der Waals surface area contributed by atoms with E-state index >= 15 is 0 Å². The minimum absolute atomic E-state index is 0.0561. The van der Waals surface area contributed by atoms with Gasteiger partial charge in [0, 0.05) is 23.9 Å². The molecule has 0 aliphatic carbocycles. The van der Waals surface area contributed by atoms with Crippen LogP contribution in [0.5, 0.6) is 5.75 Å². The Hall–Kier alpha value is -3.61. The standard InChI is InChI=1S/C34H46N2O6Si/c1-11-24-17-19-25(20-18-24)23(2)35-30(37)28-21-27(42-43(9,10)34(6,7)8)22-36(28)31(38)29(33(3,4)5)41-32(39)40-26-15-13-12-14-16-26/h1,12-20,23,27-29H,21-22H2,2-10H3,(H,35,37)/t23-,27+,28-,29+/m0/s1. The second-order valence-electron chi connectivity index (χ2n) is 13.8. The average Bonchev–Trinajstić information content (AvgIpc) is 3.34. The van der Waals surface area contributed by atoms with Gasteiger partial charge in [0.15, 0.2) is 14.4 Å². The third-order valence-electron chi connectivity index (χ3n) is 8.22. The summed E-state index contributed by atoms with van der Waals surface area (Å²) in [6.07, 6.45) is 3.29. The molecule has 1 fully saturated rings. The third-order valence-corrected chi connectivity index (χ3v) is 12.8. The van der Waals surface area contributed by atoms with Crippen molar-refractivity contribution >= 4 is 26.3 Å². The van der Waals surface area contributed by atoms with Crippen LogP contribution in [0.1, 0.15) is 72.1 Å². The van der Waals surface area contributed by atoms with Crippen LogP contribution < -0.4 is 10.1 Å². The third kappa shape index (κ3) is 8.71. The van der Waals surface area contributed by atoms with E-state index in [4.69, 9.17) is 20.3 Å². The molecule has 8 nitrogen and oxygen atoms in total. The molecule has 1 aliphatic rings. The summed E-state index contributed by atoms with van der Waals surface area (Å²) in [6, 6.07) is 14.8. The lowest BCUT2D eigenvalue weighted by Crippen LogP contribution is -2.53. The maximum absolute atomic E-state index is 14.2. The van der Waals surface area contributed by atoms with E-state index in [0.717, 1.165) is 11.1 Å². The summed E-state index contributed by atoms with van der Waals surface area (Å²) in [7, 11) is -2.22. The minimum Gasteiger partial charge on any atom is -0.420 e. The lowest BCUT2D eigenvalue weighted by molar-refractivity contribution is -0.151. The first-order chi connectivity index (χ1) is 19.9. The van der Waals surface area contributed by atoms with Crippen LogP contribution in [0.4, 0.5) is 4.79 Å². The molecule has 1 aliphatic heterocycles. The van der Waals surface area contributed by atoms with Gasteiger partial charge in [-0.25, -0.2) is 4.79 Å². The highest BCUT2D eigenvalue weighted by Crippen LogP contribution is 2.39. The van der Waals surface area contributed by atoms with Crippen molar-refractivity contribution in [2.75, 3.05) is 6.54 Å². The SMILES string of the molecule is C#Cc1ccc([C@H](C)NC(=O)[C@@H]2C[C@@H](O[Si](C)(C)C(C)(C)C)CN2C(=O)[C@@H](OC(=O)Oc2ccccc2)C(C)(C)C)cc1. The molecule has 0 radical (unpaired) electrons. The Morgan fingerprint density at radius 1 is 1.00 bits per heavy atom. The lowest BCUT2D eigenvalue weighted by atomic mass is 9.88. The maximum atomic E-state index is 14.2. The first-order valence-corrected chi connectivity index (χ1v) is 17.6. The molecule has 2 aromatic rings. The number of carbonyl (C=O) groups is 3. The van der Waals surface area contributed by atoms with E-state index in [0.29, 0.717) is 12.2 Å². The molecule has 9 heteroatoms. The Bertz CT molecular complexity index is 1320. The normalized spacial score (nSPS) is 18.7. The van der Waals surface area contributed by atoms with E-state index in [2.05, 4.69) is 45.1 Å². The Kier molecular flexibility index (Phi) is 10.5. The van der Waals surface area contributed by atoms with E-state index < -0.39 is 37.9 Å². The van der Waals surface area contributed by atoms with Crippen molar-refractivity contribution in [2.45, 2.75) is 97.3 Å². The summed E-state index contributed by atoms with van der Waals surface area (Å²) in [4.78, 5) is 42.3. The van der Waals surface area contributed by atoms with Crippen LogP contribution in [0.25, 0.3) is 0 Å². The van der Waals surface area contributed by atoms with Crippen molar-refractivity contribution in [3.05, 3.63) is 65.7 Å². The van der Waals surface area contributed by atoms with Crippen LogP contribution in [0, 0.1) is 17.8 Å². The van der Waals surface area contributed by atoms with Crippen LogP contribution in [0.15, 0.2) is 54.6 Å². The van der Waals surface area contributed by atoms with Crippen molar-refractivity contribution in [2.24, 2.45) is 5.41 Å². The fourth-order valence-corrected chi connectivity index (χ4v) is 6.04. The number of hydrogen-bond donors (Lipinski definition) is 1. The zero-order valence-electron chi connectivity index (χ0n) is 26.9. The van der Waals surface area contributed by atoms with Crippen LogP contribution in [-0.2, 0) is 18.8 Å². The molecule has 1 N–H and O–H groups in total. The Morgan fingerprint density at radius 2 is 1.60 bits per heavy atom. The molecule has 43 heavy (non-hydrogen) atoms. The van der Waals surface area contributed by atoms with Gasteiger partial charge in [0.1, 0.15) is 11.8 Å². The molecular weight excluding hydrogens is 560 g/mol. The average molecular weight is 607 g/mol.